The number of aliphatic hydroxyl groups is 1. The second-order valence-electron chi connectivity index (χ2n) is 10.6. The number of unbranched alkanes of at least 4 members (excludes halogenated alkanes) is 2. The maximum absolute atomic E-state index is 11.0. The molecule has 0 bridgehead atoms. The van der Waals surface area contributed by atoms with Crippen molar-refractivity contribution >= 4 is 11.4 Å². The number of ether oxygens (including phenoxy) is 2. The first-order valence-electron chi connectivity index (χ1n) is 14.7. The zero-order valence-corrected chi connectivity index (χ0v) is 25.1. The maximum Gasteiger partial charge on any atom is 0.165 e. The van der Waals surface area contributed by atoms with E-state index in [1.54, 1.807) is 30.1 Å². The van der Waals surface area contributed by atoms with Crippen molar-refractivity contribution in [3.05, 3.63) is 65.7 Å². The van der Waals surface area contributed by atoms with Gasteiger partial charge in [0.1, 0.15) is 5.75 Å². The number of hydrogen-bond acceptors (Lipinski definition) is 7. The number of Topliss-reactive ketones (excluding diaryl/α,β-unsaturated/α-hetero) is 1. The van der Waals surface area contributed by atoms with E-state index in [1.165, 1.54) is 18.7 Å². The molecular weight excluding hydrogens is 530 g/mol. The average Bonchev–Trinajstić information content (AvgIpc) is 3.61. The van der Waals surface area contributed by atoms with Crippen LogP contribution in [-0.4, -0.2) is 61.2 Å². The van der Waals surface area contributed by atoms with E-state index in [9.17, 15) is 9.90 Å². The molecule has 0 radical (unpaired) electrons. The molecule has 9 nitrogen and oxygen atoms in total. The van der Waals surface area contributed by atoms with Crippen LogP contribution in [0.4, 0.5) is 0 Å². The second-order valence-corrected chi connectivity index (χ2v) is 10.6. The summed E-state index contributed by atoms with van der Waals surface area (Å²) in [5.74, 6) is 7.26. The first kappa shape index (κ1) is 30.9. The van der Waals surface area contributed by atoms with Gasteiger partial charge in [0.25, 0.3) is 0 Å². The smallest absolute Gasteiger partial charge is 0.165 e. The molecule has 9 heteroatoms. The Balaban J connectivity index is 0.000000279. The van der Waals surface area contributed by atoms with Crippen molar-refractivity contribution < 1.29 is 19.4 Å². The molecule has 1 N–H and O–H groups in total. The summed E-state index contributed by atoms with van der Waals surface area (Å²) in [6, 6.07) is 7.81. The van der Waals surface area contributed by atoms with E-state index < -0.39 is 5.60 Å². The molecule has 4 aromatic rings. The minimum atomic E-state index is -0.763. The number of aryl methyl sites for hydroxylation is 1. The molecule has 0 amide bonds. The molecule has 5 rings (SSSR count). The fourth-order valence-corrected chi connectivity index (χ4v) is 4.87. The number of ketones is 1. The highest BCUT2D eigenvalue weighted by Crippen LogP contribution is 2.34. The van der Waals surface area contributed by atoms with E-state index in [4.69, 9.17) is 14.6 Å². The van der Waals surface area contributed by atoms with Gasteiger partial charge in [-0.3, -0.25) is 9.48 Å². The van der Waals surface area contributed by atoms with Crippen LogP contribution in [0.25, 0.3) is 16.9 Å². The zero-order chi connectivity index (χ0) is 30.0. The Hall–Kier alpha value is -4.00. The van der Waals surface area contributed by atoms with Crippen LogP contribution in [0.1, 0.15) is 80.8 Å². The highest BCUT2D eigenvalue weighted by atomic mass is 16.5. The lowest BCUT2D eigenvalue weighted by Crippen LogP contribution is -2.40. The van der Waals surface area contributed by atoms with E-state index in [2.05, 4.69) is 48.0 Å². The molecule has 3 aromatic heterocycles. The number of methoxy groups -OCH3 is 1. The topological polar surface area (TPSA) is 104 Å². The maximum atomic E-state index is 11.0. The molecule has 0 saturated carbocycles. The lowest BCUT2D eigenvalue weighted by atomic mass is 9.94. The summed E-state index contributed by atoms with van der Waals surface area (Å²) in [6.07, 6.45) is 13.4. The van der Waals surface area contributed by atoms with Gasteiger partial charge in [0.05, 0.1) is 36.7 Å². The van der Waals surface area contributed by atoms with Gasteiger partial charge in [-0.15, -0.1) is 0 Å². The number of aromatic nitrogens is 5. The summed E-state index contributed by atoms with van der Waals surface area (Å²) in [4.78, 5) is 15.1. The Morgan fingerprint density at radius 1 is 1.21 bits per heavy atom. The number of hydrogen-bond donors (Lipinski definition) is 1. The van der Waals surface area contributed by atoms with E-state index in [-0.39, 0.29) is 5.78 Å². The Labute approximate surface area is 247 Å². The van der Waals surface area contributed by atoms with Crippen molar-refractivity contribution in [2.24, 2.45) is 0 Å². The van der Waals surface area contributed by atoms with Gasteiger partial charge >= 0.3 is 0 Å². The third-order valence-electron chi connectivity index (χ3n) is 7.24. The standard InChI is InChI=1S/C25H34N2O3.C8H7N3O/c1-4-6-8-9-20-11-12-23(29-3)22(17-20)24-21(10-7-5-2)18-27(26-24)19-25(28)13-15-30-16-14-25;1-6(12)7-5-10-11-4-2-3-9-8(7)11/h11-12,17-18,28H,4-7,10,13-16,19H2,1-3H3;2-5H,1H3. The van der Waals surface area contributed by atoms with Crippen molar-refractivity contribution in [2.75, 3.05) is 20.3 Å². The largest absolute Gasteiger partial charge is 0.496 e. The summed E-state index contributed by atoms with van der Waals surface area (Å²) in [5.41, 5.74) is 4.46. The van der Waals surface area contributed by atoms with Gasteiger partial charge in [-0.05, 0) is 56.0 Å². The van der Waals surface area contributed by atoms with Crippen LogP contribution in [0.5, 0.6) is 5.75 Å². The summed E-state index contributed by atoms with van der Waals surface area (Å²) in [6.45, 7) is 7.51. The van der Waals surface area contributed by atoms with E-state index >= 15 is 0 Å². The minimum Gasteiger partial charge on any atom is -0.496 e. The van der Waals surface area contributed by atoms with Crippen molar-refractivity contribution in [3.63, 3.8) is 0 Å². The molecule has 0 aliphatic carbocycles. The van der Waals surface area contributed by atoms with Gasteiger partial charge in [-0.2, -0.15) is 10.2 Å². The van der Waals surface area contributed by atoms with Crippen LogP contribution in [0.2, 0.25) is 0 Å². The fraction of sp³-hybridized carbons (Fsp3) is 0.455. The van der Waals surface area contributed by atoms with Gasteiger partial charge in [0.15, 0.2) is 11.4 Å². The lowest BCUT2D eigenvalue weighted by molar-refractivity contribution is -0.0744. The quantitative estimate of drug-likeness (QED) is 0.208. The molecule has 0 unspecified atom stereocenters. The third-order valence-corrected chi connectivity index (χ3v) is 7.24. The van der Waals surface area contributed by atoms with Crippen molar-refractivity contribution in [1.82, 2.24) is 24.4 Å². The molecule has 1 aliphatic rings. The molecule has 222 valence electrons. The Morgan fingerprint density at radius 3 is 2.74 bits per heavy atom. The molecule has 4 heterocycles. The predicted molar refractivity (Wildman–Crippen MR) is 163 cm³/mol. The van der Waals surface area contributed by atoms with E-state index in [0.717, 1.165) is 54.7 Å². The van der Waals surface area contributed by atoms with Gasteiger partial charge in [0.2, 0.25) is 0 Å². The van der Waals surface area contributed by atoms with Gasteiger partial charge < -0.3 is 14.6 Å². The summed E-state index contributed by atoms with van der Waals surface area (Å²) in [5, 5.41) is 19.8. The second kappa shape index (κ2) is 14.8. The molecule has 1 aliphatic heterocycles. The highest BCUT2D eigenvalue weighted by Gasteiger charge is 2.31. The predicted octanol–water partition coefficient (Wildman–Crippen LogP) is 5.53. The van der Waals surface area contributed by atoms with Crippen LogP contribution >= 0.6 is 0 Å². The van der Waals surface area contributed by atoms with E-state index in [0.29, 0.717) is 43.8 Å². The molecule has 0 atom stereocenters. The molecule has 1 fully saturated rings. The number of rotatable bonds is 9. The fourth-order valence-electron chi connectivity index (χ4n) is 4.87. The van der Waals surface area contributed by atoms with Crippen LogP contribution in [0.3, 0.4) is 0 Å². The highest BCUT2D eigenvalue weighted by molar-refractivity contribution is 5.99. The first-order valence-corrected chi connectivity index (χ1v) is 14.7. The summed E-state index contributed by atoms with van der Waals surface area (Å²) in [7, 11) is 1.69. The van der Waals surface area contributed by atoms with Gasteiger partial charge in [0, 0.05) is 62.2 Å². The number of carbonyl (C=O) groups excluding carboxylic acids is 1. The first-order chi connectivity index (χ1) is 20.4. The molecule has 42 heavy (non-hydrogen) atoms. The lowest BCUT2D eigenvalue weighted by Gasteiger charge is -2.31. The number of carbonyl (C=O) groups is 1. The number of nitrogens with zero attached hydrogens (tertiary/aromatic N) is 5. The van der Waals surface area contributed by atoms with Gasteiger partial charge in [-0.25, -0.2) is 9.50 Å². The van der Waals surface area contributed by atoms with Crippen molar-refractivity contribution in [2.45, 2.75) is 77.9 Å². The normalized spacial score (nSPS) is 14.0. The van der Waals surface area contributed by atoms with Crippen molar-refractivity contribution in [3.8, 4) is 28.8 Å². The van der Waals surface area contributed by atoms with Crippen LogP contribution in [0.15, 0.2) is 49.1 Å². The van der Waals surface area contributed by atoms with E-state index in [1.807, 2.05) is 16.8 Å². The SMILES string of the molecule is CC(=O)c1cnn2cccnc12.CCCC#Cc1ccc(OC)c(-c2nn(CC3(O)CCOCC3)cc2CCCC)c1. The number of fused-ring (bicyclic) bond motifs is 1. The van der Waals surface area contributed by atoms with Crippen molar-refractivity contribution in [1.29, 1.82) is 0 Å². The van der Waals surface area contributed by atoms with Crippen LogP contribution in [0, 0.1) is 11.8 Å². The number of benzene rings is 1. The monoisotopic (exact) mass is 571 g/mol. The van der Waals surface area contributed by atoms with Gasteiger partial charge in [-0.1, -0.05) is 32.1 Å². The Kier molecular flexibility index (Phi) is 10.9. The molecular formula is C33H41N5O4. The molecule has 1 saturated heterocycles. The third kappa shape index (κ3) is 7.84. The Morgan fingerprint density at radius 2 is 2.02 bits per heavy atom. The van der Waals surface area contributed by atoms with Crippen LogP contribution in [-0.2, 0) is 17.7 Å². The zero-order valence-electron chi connectivity index (χ0n) is 25.1. The summed E-state index contributed by atoms with van der Waals surface area (Å²) >= 11 is 0. The van der Waals surface area contributed by atoms with Crippen LogP contribution < -0.4 is 4.74 Å². The molecule has 1 aromatic carbocycles. The molecule has 0 spiro atoms. The minimum absolute atomic E-state index is 0.0105. The summed E-state index contributed by atoms with van der Waals surface area (Å²) < 4.78 is 14.6. The average molecular weight is 572 g/mol. The Bertz CT molecular complexity index is 1540.